The highest BCUT2D eigenvalue weighted by molar-refractivity contribution is 5.95. The molecule has 1 aliphatic rings. The van der Waals surface area contributed by atoms with Crippen molar-refractivity contribution >= 4 is 11.6 Å². The molecule has 0 aliphatic carbocycles. The van der Waals surface area contributed by atoms with E-state index in [4.69, 9.17) is 10.5 Å². The van der Waals surface area contributed by atoms with E-state index in [1.165, 1.54) is 4.68 Å². The van der Waals surface area contributed by atoms with E-state index in [1.54, 1.807) is 6.92 Å². The number of hydrogen-bond donors (Lipinski definition) is 1. The molecule has 0 saturated carbocycles. The summed E-state index contributed by atoms with van der Waals surface area (Å²) in [5.41, 5.74) is 5.19. The van der Waals surface area contributed by atoms with E-state index in [0.29, 0.717) is 32.7 Å². The smallest absolute Gasteiger partial charge is 0.323 e. The highest BCUT2D eigenvalue weighted by Gasteiger charge is 2.30. The second kappa shape index (κ2) is 6.64. The zero-order valence-corrected chi connectivity index (χ0v) is 11.9. The van der Waals surface area contributed by atoms with Gasteiger partial charge in [0.15, 0.2) is 0 Å². The van der Waals surface area contributed by atoms with Crippen LogP contribution in [0, 0.1) is 10.1 Å². The van der Waals surface area contributed by atoms with Crippen molar-refractivity contribution in [3.05, 3.63) is 21.5 Å². The molecule has 1 fully saturated rings. The van der Waals surface area contributed by atoms with E-state index in [0.717, 1.165) is 13.1 Å². The molecule has 1 aromatic heterocycles. The molecule has 0 unspecified atom stereocenters. The van der Waals surface area contributed by atoms with E-state index < -0.39 is 10.8 Å². The van der Waals surface area contributed by atoms with Crippen LogP contribution in [0.1, 0.15) is 23.1 Å². The molecule has 2 N–H and O–H groups in total. The molecule has 0 atom stereocenters. The maximum Gasteiger partial charge on any atom is 0.323 e. The Morgan fingerprint density at radius 3 is 2.62 bits per heavy atom. The number of carbonyl (C=O) groups excluding carboxylic acids is 1. The summed E-state index contributed by atoms with van der Waals surface area (Å²) in [4.78, 5) is 24.3. The van der Waals surface area contributed by atoms with Crippen LogP contribution in [-0.4, -0.2) is 58.4 Å². The first-order chi connectivity index (χ1) is 10.0. The summed E-state index contributed by atoms with van der Waals surface area (Å²) in [6.45, 7) is 5.73. The van der Waals surface area contributed by atoms with Gasteiger partial charge in [-0.15, -0.1) is 0 Å². The van der Waals surface area contributed by atoms with Gasteiger partial charge < -0.3 is 10.5 Å². The molecule has 0 radical (unpaired) electrons. The number of morpholine rings is 1. The number of nitrogens with two attached hydrogens (primary N) is 1. The minimum absolute atomic E-state index is 0.120. The van der Waals surface area contributed by atoms with Crippen molar-refractivity contribution in [1.82, 2.24) is 14.7 Å². The zero-order valence-electron chi connectivity index (χ0n) is 11.9. The third kappa shape index (κ3) is 3.37. The minimum Gasteiger partial charge on any atom is -0.379 e. The van der Waals surface area contributed by atoms with Crippen LogP contribution < -0.4 is 5.73 Å². The highest BCUT2D eigenvalue weighted by Crippen LogP contribution is 2.23. The highest BCUT2D eigenvalue weighted by atomic mass is 16.6. The van der Waals surface area contributed by atoms with Gasteiger partial charge in [0, 0.05) is 19.6 Å². The number of nitro groups is 1. The number of rotatable bonds is 6. The Balaban J connectivity index is 2.21. The first kappa shape index (κ1) is 15.4. The van der Waals surface area contributed by atoms with Gasteiger partial charge in [-0.3, -0.25) is 24.5 Å². The van der Waals surface area contributed by atoms with Crippen LogP contribution in [0.4, 0.5) is 5.69 Å². The van der Waals surface area contributed by atoms with E-state index in [1.807, 2.05) is 0 Å². The molecule has 1 aliphatic heterocycles. The summed E-state index contributed by atoms with van der Waals surface area (Å²) < 4.78 is 6.61. The van der Waals surface area contributed by atoms with Crippen molar-refractivity contribution in [3.8, 4) is 0 Å². The fourth-order valence-corrected chi connectivity index (χ4v) is 2.40. The van der Waals surface area contributed by atoms with Crippen molar-refractivity contribution in [2.45, 2.75) is 19.9 Å². The van der Waals surface area contributed by atoms with Gasteiger partial charge in [0.2, 0.25) is 5.69 Å². The fraction of sp³-hybridized carbons (Fsp3) is 0.667. The lowest BCUT2D eigenvalue weighted by atomic mass is 10.2. The lowest BCUT2D eigenvalue weighted by molar-refractivity contribution is -0.385. The average molecular weight is 297 g/mol. The van der Waals surface area contributed by atoms with Crippen molar-refractivity contribution in [1.29, 1.82) is 0 Å². The third-order valence-corrected chi connectivity index (χ3v) is 3.48. The van der Waals surface area contributed by atoms with Crippen LogP contribution >= 0.6 is 0 Å². The molecule has 21 heavy (non-hydrogen) atoms. The summed E-state index contributed by atoms with van der Waals surface area (Å²) in [6, 6.07) is 0. The number of amides is 1. The number of aromatic nitrogens is 2. The van der Waals surface area contributed by atoms with Crippen LogP contribution in [0.15, 0.2) is 0 Å². The van der Waals surface area contributed by atoms with Gasteiger partial charge in [0.25, 0.3) is 5.91 Å². The van der Waals surface area contributed by atoms with Gasteiger partial charge in [0.1, 0.15) is 5.69 Å². The molecule has 0 aromatic carbocycles. The molecule has 9 nitrogen and oxygen atoms in total. The molecule has 1 saturated heterocycles. The van der Waals surface area contributed by atoms with E-state index in [9.17, 15) is 14.9 Å². The second-order valence-electron chi connectivity index (χ2n) is 4.80. The van der Waals surface area contributed by atoms with Gasteiger partial charge >= 0.3 is 5.69 Å². The number of hydrogen-bond acceptors (Lipinski definition) is 6. The lowest BCUT2D eigenvalue weighted by Gasteiger charge is -2.26. The summed E-state index contributed by atoms with van der Waals surface area (Å²) >= 11 is 0. The minimum atomic E-state index is -0.823. The Hall–Kier alpha value is -2.00. The molecule has 116 valence electrons. The molecule has 2 rings (SSSR count). The SMILES string of the molecule is CCc1nn(CCN2CCOCC2)c(C(N)=O)c1[N+](=O)[O-]. The van der Waals surface area contributed by atoms with Crippen molar-refractivity contribution in [3.63, 3.8) is 0 Å². The summed E-state index contributed by atoms with van der Waals surface area (Å²) in [5, 5.41) is 15.3. The Morgan fingerprint density at radius 2 is 2.10 bits per heavy atom. The first-order valence-electron chi connectivity index (χ1n) is 6.88. The third-order valence-electron chi connectivity index (χ3n) is 3.48. The molecule has 9 heteroatoms. The number of nitrogens with zero attached hydrogens (tertiary/aromatic N) is 4. The van der Waals surface area contributed by atoms with Gasteiger partial charge in [-0.05, 0) is 6.42 Å². The predicted molar refractivity (Wildman–Crippen MR) is 74.0 cm³/mol. The number of aryl methyl sites for hydroxylation is 1. The van der Waals surface area contributed by atoms with Crippen LogP contribution in [0.5, 0.6) is 0 Å². The molecule has 0 bridgehead atoms. The number of ether oxygens (including phenoxy) is 1. The van der Waals surface area contributed by atoms with E-state index in [-0.39, 0.29) is 17.1 Å². The molecular formula is C12H19N5O4. The molecule has 0 spiro atoms. The fourth-order valence-electron chi connectivity index (χ4n) is 2.40. The summed E-state index contributed by atoms with van der Waals surface area (Å²) in [5.74, 6) is -0.823. The number of carbonyl (C=O) groups is 1. The van der Waals surface area contributed by atoms with Crippen LogP contribution in [0.3, 0.4) is 0 Å². The summed E-state index contributed by atoms with van der Waals surface area (Å²) in [6.07, 6.45) is 0.376. The topological polar surface area (TPSA) is 117 Å². The predicted octanol–water partition coefficient (Wildman–Crippen LogP) is -0.215. The Kier molecular flexibility index (Phi) is 4.86. The van der Waals surface area contributed by atoms with Gasteiger partial charge in [-0.2, -0.15) is 5.10 Å². The van der Waals surface area contributed by atoms with Gasteiger partial charge in [0.05, 0.1) is 24.7 Å². The quantitative estimate of drug-likeness (QED) is 0.573. The number of primary amides is 1. The molecule has 1 aromatic rings. The van der Waals surface area contributed by atoms with Crippen LogP contribution in [-0.2, 0) is 17.7 Å². The standard InChI is InChI=1S/C12H19N5O4/c1-2-9-10(17(19)20)11(12(13)18)16(14-9)4-3-15-5-7-21-8-6-15/h2-8H2,1H3,(H2,13,18). The maximum atomic E-state index is 11.6. The Labute approximate surface area is 121 Å². The normalized spacial score (nSPS) is 16.0. The molecule has 1 amide bonds. The lowest BCUT2D eigenvalue weighted by Crippen LogP contribution is -2.38. The van der Waals surface area contributed by atoms with Crippen LogP contribution in [0.2, 0.25) is 0 Å². The average Bonchev–Trinajstić information content (AvgIpc) is 2.85. The monoisotopic (exact) mass is 297 g/mol. The van der Waals surface area contributed by atoms with Crippen LogP contribution in [0.25, 0.3) is 0 Å². The largest absolute Gasteiger partial charge is 0.379 e. The first-order valence-corrected chi connectivity index (χ1v) is 6.88. The van der Waals surface area contributed by atoms with Gasteiger partial charge in [-0.1, -0.05) is 6.92 Å². The Morgan fingerprint density at radius 1 is 1.43 bits per heavy atom. The molecular weight excluding hydrogens is 278 g/mol. The van der Waals surface area contributed by atoms with E-state index >= 15 is 0 Å². The van der Waals surface area contributed by atoms with Crippen molar-refractivity contribution in [2.24, 2.45) is 5.73 Å². The summed E-state index contributed by atoms with van der Waals surface area (Å²) in [7, 11) is 0. The maximum absolute atomic E-state index is 11.6. The van der Waals surface area contributed by atoms with E-state index in [2.05, 4.69) is 10.00 Å². The van der Waals surface area contributed by atoms with Crippen molar-refractivity contribution in [2.75, 3.05) is 32.8 Å². The van der Waals surface area contributed by atoms with Crippen molar-refractivity contribution < 1.29 is 14.5 Å². The molecule has 2 heterocycles. The Bertz CT molecular complexity index is 536. The second-order valence-corrected chi connectivity index (χ2v) is 4.80. The van der Waals surface area contributed by atoms with Gasteiger partial charge in [-0.25, -0.2) is 0 Å². The zero-order chi connectivity index (χ0) is 15.4.